The van der Waals surface area contributed by atoms with E-state index >= 15 is 0 Å². The zero-order chi connectivity index (χ0) is 14.4. The summed E-state index contributed by atoms with van der Waals surface area (Å²) in [5.41, 5.74) is 2.28. The summed E-state index contributed by atoms with van der Waals surface area (Å²) in [5.74, 6) is 0. The van der Waals surface area contributed by atoms with E-state index < -0.39 is 6.10 Å². The van der Waals surface area contributed by atoms with E-state index in [4.69, 9.17) is 4.74 Å². The Kier molecular flexibility index (Phi) is 6.79. The molecule has 0 aliphatic heterocycles. The van der Waals surface area contributed by atoms with Crippen molar-refractivity contribution >= 4 is 21.6 Å². The van der Waals surface area contributed by atoms with E-state index in [1.54, 1.807) is 7.11 Å². The number of aliphatic hydroxyl groups is 1. The van der Waals surface area contributed by atoms with Crippen LogP contribution >= 0.6 is 15.9 Å². The summed E-state index contributed by atoms with van der Waals surface area (Å²) < 4.78 is 5.97. The minimum atomic E-state index is -0.488. The second-order valence-electron chi connectivity index (χ2n) is 4.71. The Bertz CT molecular complexity index is 401. The Morgan fingerprint density at radius 3 is 2.68 bits per heavy atom. The van der Waals surface area contributed by atoms with Gasteiger partial charge in [-0.1, -0.05) is 6.07 Å². The van der Waals surface area contributed by atoms with Crippen LogP contribution in [0.15, 0.2) is 22.7 Å². The van der Waals surface area contributed by atoms with Gasteiger partial charge in [-0.25, -0.2) is 0 Å². The van der Waals surface area contributed by atoms with Gasteiger partial charge in [0.2, 0.25) is 0 Å². The largest absolute Gasteiger partial charge is 0.389 e. The number of anilines is 1. The molecule has 1 rings (SSSR count). The molecule has 4 nitrogen and oxygen atoms in total. The molecule has 108 valence electrons. The maximum Gasteiger partial charge on any atom is 0.0947 e. The summed E-state index contributed by atoms with van der Waals surface area (Å²) in [6.07, 6.45) is -0.488. The van der Waals surface area contributed by atoms with Gasteiger partial charge in [-0.2, -0.15) is 0 Å². The first-order chi connectivity index (χ1) is 8.99. The number of ether oxygens (including phenoxy) is 1. The highest BCUT2D eigenvalue weighted by atomic mass is 79.9. The molecule has 2 N–H and O–H groups in total. The number of aliphatic hydroxyl groups excluding tert-OH is 1. The summed E-state index contributed by atoms with van der Waals surface area (Å²) >= 11 is 3.59. The van der Waals surface area contributed by atoms with Crippen LogP contribution in [0.4, 0.5) is 5.69 Å². The number of methoxy groups -OCH3 is 1. The van der Waals surface area contributed by atoms with Gasteiger partial charge < -0.3 is 20.1 Å². The maximum atomic E-state index is 9.76. The third-order valence-corrected chi connectivity index (χ3v) is 3.79. The van der Waals surface area contributed by atoms with E-state index in [1.165, 1.54) is 5.56 Å². The van der Waals surface area contributed by atoms with Gasteiger partial charge in [0.05, 0.1) is 18.4 Å². The van der Waals surface area contributed by atoms with Crippen LogP contribution in [0.2, 0.25) is 0 Å². The van der Waals surface area contributed by atoms with Gasteiger partial charge in [-0.05, 0) is 47.6 Å². The molecule has 0 radical (unpaired) electrons. The SMILES string of the molecule is CNC(C)c1ccc(N(C)CC(O)COC)c(Br)c1. The molecular weight excluding hydrogens is 308 g/mol. The predicted molar refractivity (Wildman–Crippen MR) is 82.8 cm³/mol. The van der Waals surface area contributed by atoms with Crippen molar-refractivity contribution in [2.75, 3.05) is 39.3 Å². The molecule has 0 saturated heterocycles. The fraction of sp³-hybridized carbons (Fsp3) is 0.571. The summed E-state index contributed by atoms with van der Waals surface area (Å²) in [4.78, 5) is 2.02. The summed E-state index contributed by atoms with van der Waals surface area (Å²) in [5, 5.41) is 13.0. The Labute approximate surface area is 123 Å². The molecule has 5 heteroatoms. The number of nitrogens with zero attached hydrogens (tertiary/aromatic N) is 1. The lowest BCUT2D eigenvalue weighted by molar-refractivity contribution is 0.0695. The van der Waals surface area contributed by atoms with E-state index in [0.717, 1.165) is 10.2 Å². The van der Waals surface area contributed by atoms with Crippen LogP contribution in [0, 0.1) is 0 Å². The van der Waals surface area contributed by atoms with Crippen molar-refractivity contribution < 1.29 is 9.84 Å². The van der Waals surface area contributed by atoms with Crippen molar-refractivity contribution in [3.63, 3.8) is 0 Å². The van der Waals surface area contributed by atoms with Crippen LogP contribution in [-0.4, -0.2) is 45.6 Å². The third kappa shape index (κ3) is 4.76. The Hall–Kier alpha value is -0.620. The zero-order valence-electron chi connectivity index (χ0n) is 12.0. The average molecular weight is 331 g/mol. The van der Waals surface area contributed by atoms with Crippen LogP contribution in [0.1, 0.15) is 18.5 Å². The average Bonchev–Trinajstić information content (AvgIpc) is 2.37. The Morgan fingerprint density at radius 2 is 2.16 bits per heavy atom. The number of nitrogens with one attached hydrogen (secondary N) is 1. The topological polar surface area (TPSA) is 44.7 Å². The first-order valence-electron chi connectivity index (χ1n) is 6.34. The number of halogens is 1. The van der Waals surface area contributed by atoms with E-state index in [0.29, 0.717) is 19.2 Å². The molecule has 0 aliphatic rings. The van der Waals surface area contributed by atoms with Gasteiger partial charge in [0.25, 0.3) is 0 Å². The molecule has 19 heavy (non-hydrogen) atoms. The zero-order valence-corrected chi connectivity index (χ0v) is 13.6. The number of hydrogen-bond acceptors (Lipinski definition) is 4. The fourth-order valence-electron chi connectivity index (χ4n) is 1.93. The van der Waals surface area contributed by atoms with Crippen molar-refractivity contribution in [3.05, 3.63) is 28.2 Å². The molecule has 2 unspecified atom stereocenters. The third-order valence-electron chi connectivity index (χ3n) is 3.16. The molecule has 0 saturated carbocycles. The summed E-state index contributed by atoms with van der Waals surface area (Å²) in [7, 11) is 5.49. The number of benzene rings is 1. The monoisotopic (exact) mass is 330 g/mol. The molecule has 0 aromatic heterocycles. The molecule has 0 spiro atoms. The van der Waals surface area contributed by atoms with Gasteiger partial charge in [0.1, 0.15) is 0 Å². The molecule has 0 fully saturated rings. The molecule has 0 amide bonds. The van der Waals surface area contributed by atoms with E-state index in [-0.39, 0.29) is 0 Å². The number of hydrogen-bond donors (Lipinski definition) is 2. The van der Waals surface area contributed by atoms with E-state index in [1.807, 2.05) is 19.0 Å². The lowest BCUT2D eigenvalue weighted by atomic mass is 10.1. The highest BCUT2D eigenvalue weighted by Crippen LogP contribution is 2.28. The Balaban J connectivity index is 2.78. The van der Waals surface area contributed by atoms with Gasteiger partial charge in [0, 0.05) is 31.2 Å². The van der Waals surface area contributed by atoms with Crippen molar-refractivity contribution in [2.24, 2.45) is 0 Å². The quantitative estimate of drug-likeness (QED) is 0.804. The molecule has 1 aromatic carbocycles. The minimum Gasteiger partial charge on any atom is -0.389 e. The number of likely N-dealkylation sites (N-methyl/N-ethyl adjacent to an activating group) is 1. The standard InChI is InChI=1S/C14H23BrN2O2/c1-10(16-2)11-5-6-14(13(15)7-11)17(3)8-12(18)9-19-4/h5-7,10,12,16,18H,8-9H2,1-4H3. The second-order valence-corrected chi connectivity index (χ2v) is 5.57. The van der Waals surface area contributed by atoms with Crippen LogP contribution in [-0.2, 0) is 4.74 Å². The molecular formula is C14H23BrN2O2. The van der Waals surface area contributed by atoms with Crippen LogP contribution in [0.3, 0.4) is 0 Å². The van der Waals surface area contributed by atoms with Crippen molar-refractivity contribution in [1.82, 2.24) is 5.32 Å². The van der Waals surface area contributed by atoms with Gasteiger partial charge >= 0.3 is 0 Å². The smallest absolute Gasteiger partial charge is 0.0947 e. The van der Waals surface area contributed by atoms with Crippen molar-refractivity contribution in [1.29, 1.82) is 0 Å². The van der Waals surface area contributed by atoms with Crippen molar-refractivity contribution in [2.45, 2.75) is 19.1 Å². The second kappa shape index (κ2) is 7.85. The summed E-state index contributed by atoms with van der Waals surface area (Å²) in [6.45, 7) is 3.00. The maximum absolute atomic E-state index is 9.76. The number of rotatable bonds is 7. The molecule has 0 bridgehead atoms. The van der Waals surface area contributed by atoms with Gasteiger partial charge in [-0.3, -0.25) is 0 Å². The molecule has 2 atom stereocenters. The lowest BCUT2D eigenvalue weighted by Gasteiger charge is -2.24. The van der Waals surface area contributed by atoms with Crippen molar-refractivity contribution in [3.8, 4) is 0 Å². The summed E-state index contributed by atoms with van der Waals surface area (Å²) in [6, 6.07) is 6.58. The predicted octanol–water partition coefficient (Wildman–Crippen LogP) is 2.17. The van der Waals surface area contributed by atoms with Crippen LogP contribution in [0.25, 0.3) is 0 Å². The minimum absolute atomic E-state index is 0.315. The van der Waals surface area contributed by atoms with E-state index in [9.17, 15) is 5.11 Å². The molecule has 0 aliphatic carbocycles. The highest BCUT2D eigenvalue weighted by molar-refractivity contribution is 9.10. The molecule has 1 aromatic rings. The van der Waals surface area contributed by atoms with Crippen LogP contribution in [0.5, 0.6) is 0 Å². The van der Waals surface area contributed by atoms with E-state index in [2.05, 4.69) is 46.4 Å². The normalized spacial score (nSPS) is 14.2. The van der Waals surface area contributed by atoms with Crippen LogP contribution < -0.4 is 10.2 Å². The highest BCUT2D eigenvalue weighted by Gasteiger charge is 2.12. The van der Waals surface area contributed by atoms with Gasteiger partial charge in [0.15, 0.2) is 0 Å². The first kappa shape index (κ1) is 16.4. The fourth-order valence-corrected chi connectivity index (χ4v) is 2.63. The lowest BCUT2D eigenvalue weighted by Crippen LogP contribution is -2.32. The molecule has 0 heterocycles. The first-order valence-corrected chi connectivity index (χ1v) is 7.13. The van der Waals surface area contributed by atoms with Gasteiger partial charge in [-0.15, -0.1) is 0 Å². The Morgan fingerprint density at radius 1 is 1.47 bits per heavy atom.